The van der Waals surface area contributed by atoms with Crippen molar-refractivity contribution in [1.82, 2.24) is 9.88 Å². The lowest BCUT2D eigenvalue weighted by Gasteiger charge is -2.26. The Morgan fingerprint density at radius 2 is 1.84 bits per heavy atom. The summed E-state index contributed by atoms with van der Waals surface area (Å²) >= 11 is 2.49. The molecule has 0 radical (unpaired) electrons. The molecule has 0 atom stereocenters. The molecule has 0 aliphatic rings. The molecule has 32 heavy (non-hydrogen) atoms. The lowest BCUT2D eigenvalue weighted by molar-refractivity contribution is 0.0696. The molecule has 0 aliphatic heterocycles. The third-order valence-corrected chi connectivity index (χ3v) is 7.32. The molecule has 9 heteroatoms. The molecule has 2 heterocycles. The van der Waals surface area contributed by atoms with Crippen LogP contribution in [0.5, 0.6) is 5.75 Å². The van der Waals surface area contributed by atoms with Crippen molar-refractivity contribution in [2.45, 2.75) is 33.4 Å². The smallest absolute Gasteiger partial charge is 0.266 e. The van der Waals surface area contributed by atoms with Gasteiger partial charge in [-0.15, -0.1) is 22.7 Å². The molecule has 0 saturated carbocycles. The fourth-order valence-corrected chi connectivity index (χ4v) is 5.45. The number of thiophene rings is 1. The zero-order chi connectivity index (χ0) is 23.2. The van der Waals surface area contributed by atoms with E-state index in [0.717, 1.165) is 26.3 Å². The predicted molar refractivity (Wildman–Crippen MR) is 121 cm³/mol. The van der Waals surface area contributed by atoms with Gasteiger partial charge >= 0.3 is 0 Å². The molecule has 0 fully saturated rings. The molecule has 4 aromatic rings. The summed E-state index contributed by atoms with van der Waals surface area (Å²) in [5.41, 5.74) is -0.0465. The molecule has 4 rings (SSSR count). The largest absolute Gasteiger partial charge is 0.503 e. The maximum atomic E-state index is 14.4. The van der Waals surface area contributed by atoms with E-state index in [1.165, 1.54) is 0 Å². The Balaban J connectivity index is 1.68. The summed E-state index contributed by atoms with van der Waals surface area (Å²) in [6.07, 6.45) is 0. The number of benzene rings is 2. The van der Waals surface area contributed by atoms with Crippen LogP contribution in [0.1, 0.15) is 34.1 Å². The van der Waals surface area contributed by atoms with Crippen molar-refractivity contribution in [1.29, 1.82) is 0 Å². The molecule has 166 valence electrons. The van der Waals surface area contributed by atoms with Crippen LogP contribution in [0.3, 0.4) is 0 Å². The first-order valence-corrected chi connectivity index (χ1v) is 11.4. The van der Waals surface area contributed by atoms with Crippen LogP contribution >= 0.6 is 22.7 Å². The van der Waals surface area contributed by atoms with Gasteiger partial charge in [-0.25, -0.2) is 13.8 Å². The minimum absolute atomic E-state index is 0.0110. The lowest BCUT2D eigenvalue weighted by atomic mass is 10.2. The number of aryl methyl sites for hydroxylation is 1. The normalized spacial score (nSPS) is 11.5. The number of thiazole rings is 1. The van der Waals surface area contributed by atoms with Crippen molar-refractivity contribution in [2.75, 3.05) is 0 Å². The molecule has 0 spiro atoms. The molecule has 0 unspecified atom stereocenters. The molecule has 2 aromatic heterocycles. The summed E-state index contributed by atoms with van der Waals surface area (Å²) in [6.45, 7) is 5.79. The SMILES string of the molecule is Cc1nc(-c2cc(F)c(F)c(O)c2F)sc1C(=O)N(Cc1cc2ccccc2s1)C(C)C. The predicted octanol–water partition coefficient (Wildman–Crippen LogP) is 6.51. The molecular weight excluding hydrogens is 457 g/mol. The van der Waals surface area contributed by atoms with Crippen LogP contribution in [0.25, 0.3) is 20.7 Å². The monoisotopic (exact) mass is 476 g/mol. The second kappa shape index (κ2) is 8.55. The van der Waals surface area contributed by atoms with Gasteiger partial charge in [0.1, 0.15) is 9.88 Å². The van der Waals surface area contributed by atoms with Gasteiger partial charge in [0.2, 0.25) is 5.82 Å². The van der Waals surface area contributed by atoms with Gasteiger partial charge in [-0.05, 0) is 44.4 Å². The summed E-state index contributed by atoms with van der Waals surface area (Å²) < 4.78 is 42.7. The van der Waals surface area contributed by atoms with Crippen molar-refractivity contribution in [3.8, 4) is 16.3 Å². The molecule has 0 saturated heterocycles. The number of hydrogen-bond donors (Lipinski definition) is 1. The van der Waals surface area contributed by atoms with Crippen molar-refractivity contribution >= 4 is 38.7 Å². The van der Waals surface area contributed by atoms with Crippen molar-refractivity contribution in [2.24, 2.45) is 0 Å². The number of halogens is 3. The van der Waals surface area contributed by atoms with E-state index in [4.69, 9.17) is 0 Å². The zero-order valence-corrected chi connectivity index (χ0v) is 19.1. The maximum absolute atomic E-state index is 14.4. The number of fused-ring (bicyclic) bond motifs is 1. The summed E-state index contributed by atoms with van der Waals surface area (Å²) in [7, 11) is 0. The van der Waals surface area contributed by atoms with E-state index in [1.807, 2.05) is 44.2 Å². The summed E-state index contributed by atoms with van der Waals surface area (Å²) in [4.78, 5) is 20.5. The number of aromatic hydroxyl groups is 1. The minimum atomic E-state index is -1.66. The highest BCUT2D eigenvalue weighted by Crippen LogP contribution is 2.36. The molecular formula is C23H19F3N2O2S2. The first-order chi connectivity index (χ1) is 15.2. The number of hydrogen-bond acceptors (Lipinski definition) is 5. The minimum Gasteiger partial charge on any atom is -0.503 e. The Labute approximate surface area is 190 Å². The van der Waals surface area contributed by atoms with Crippen molar-refractivity contribution < 1.29 is 23.1 Å². The Morgan fingerprint density at radius 3 is 2.53 bits per heavy atom. The second-order valence-corrected chi connectivity index (χ2v) is 9.76. The molecule has 0 aliphatic carbocycles. The van der Waals surface area contributed by atoms with E-state index in [-0.39, 0.29) is 21.8 Å². The Hall–Kier alpha value is -2.91. The lowest BCUT2D eigenvalue weighted by Crippen LogP contribution is -2.36. The molecule has 2 aromatic carbocycles. The number of amides is 1. The van der Waals surface area contributed by atoms with E-state index < -0.39 is 28.8 Å². The van der Waals surface area contributed by atoms with Gasteiger partial charge in [0.05, 0.1) is 17.8 Å². The molecule has 1 amide bonds. The van der Waals surface area contributed by atoms with Crippen molar-refractivity contribution in [3.63, 3.8) is 0 Å². The third-order valence-electron chi connectivity index (χ3n) is 5.04. The fraction of sp³-hybridized carbons (Fsp3) is 0.217. The van der Waals surface area contributed by atoms with Crippen molar-refractivity contribution in [3.05, 3.63) is 69.3 Å². The van der Waals surface area contributed by atoms with Crippen LogP contribution in [-0.4, -0.2) is 26.9 Å². The van der Waals surface area contributed by atoms with Gasteiger partial charge in [0.15, 0.2) is 17.4 Å². The first-order valence-electron chi connectivity index (χ1n) is 9.80. The maximum Gasteiger partial charge on any atom is 0.266 e. The van der Waals surface area contributed by atoms with E-state index in [2.05, 4.69) is 4.98 Å². The number of phenols is 1. The van der Waals surface area contributed by atoms with Gasteiger partial charge < -0.3 is 10.0 Å². The highest BCUT2D eigenvalue weighted by atomic mass is 32.1. The molecule has 1 N–H and O–H groups in total. The first kappa shape index (κ1) is 22.3. The van der Waals surface area contributed by atoms with Gasteiger partial charge in [0.25, 0.3) is 5.91 Å². The van der Waals surface area contributed by atoms with E-state index in [9.17, 15) is 23.1 Å². The van der Waals surface area contributed by atoms with E-state index in [1.54, 1.807) is 23.2 Å². The summed E-state index contributed by atoms with van der Waals surface area (Å²) in [6, 6.07) is 10.5. The van der Waals surface area contributed by atoms with Gasteiger partial charge in [-0.2, -0.15) is 4.39 Å². The van der Waals surface area contributed by atoms with Crippen LogP contribution in [-0.2, 0) is 6.54 Å². The van der Waals surface area contributed by atoms with Crippen LogP contribution in [0, 0.1) is 24.4 Å². The molecule has 4 nitrogen and oxygen atoms in total. The second-order valence-electron chi connectivity index (χ2n) is 7.59. The Morgan fingerprint density at radius 1 is 1.12 bits per heavy atom. The van der Waals surface area contributed by atoms with E-state index >= 15 is 0 Å². The van der Waals surface area contributed by atoms with Gasteiger partial charge in [-0.1, -0.05) is 18.2 Å². The number of nitrogens with zero attached hydrogens (tertiary/aromatic N) is 2. The number of aromatic nitrogens is 1. The fourth-order valence-electron chi connectivity index (χ4n) is 3.36. The number of rotatable bonds is 5. The Bertz CT molecular complexity index is 1300. The number of carbonyl (C=O) groups is 1. The third kappa shape index (κ3) is 3.98. The highest BCUT2D eigenvalue weighted by molar-refractivity contribution is 7.19. The Kier molecular flexibility index (Phi) is 5.96. The van der Waals surface area contributed by atoms with Crippen LogP contribution < -0.4 is 0 Å². The van der Waals surface area contributed by atoms with Crippen LogP contribution in [0.15, 0.2) is 36.4 Å². The average Bonchev–Trinajstić information content (AvgIpc) is 3.35. The average molecular weight is 477 g/mol. The van der Waals surface area contributed by atoms with Crippen LogP contribution in [0.2, 0.25) is 0 Å². The summed E-state index contributed by atoms with van der Waals surface area (Å²) in [5.74, 6) is -6.07. The topological polar surface area (TPSA) is 53.4 Å². The summed E-state index contributed by atoms with van der Waals surface area (Å²) in [5, 5.41) is 10.6. The molecule has 0 bridgehead atoms. The quantitative estimate of drug-likeness (QED) is 0.334. The zero-order valence-electron chi connectivity index (χ0n) is 17.4. The van der Waals surface area contributed by atoms with Gasteiger partial charge in [-0.3, -0.25) is 4.79 Å². The van der Waals surface area contributed by atoms with Gasteiger partial charge in [0, 0.05) is 15.6 Å². The van der Waals surface area contributed by atoms with Crippen LogP contribution in [0.4, 0.5) is 13.2 Å². The number of carbonyl (C=O) groups excluding carboxylic acids is 1. The number of phenolic OH excluding ortho intramolecular Hbond substituents is 1. The van der Waals surface area contributed by atoms with E-state index in [0.29, 0.717) is 18.3 Å². The highest BCUT2D eigenvalue weighted by Gasteiger charge is 2.27. The standard InChI is InChI=1S/C23H19F3N2O2S2/c1-11(2)28(10-14-8-13-6-4-5-7-17(13)31-14)23(30)21-12(3)27-22(32-21)15-9-16(24)19(26)20(29)18(15)25/h4-9,11,29H,10H2,1-3H3.